The number of nitrogens with two attached hydrogens (primary N) is 1. The molecule has 2 heterocycles. The lowest BCUT2D eigenvalue weighted by atomic mass is 10.1. The zero-order chi connectivity index (χ0) is 20.7. The van der Waals surface area contributed by atoms with Crippen molar-refractivity contribution >= 4 is 15.5 Å². The summed E-state index contributed by atoms with van der Waals surface area (Å²) in [4.78, 5) is 0.382. The lowest BCUT2D eigenvalue weighted by Crippen LogP contribution is -2.04. The molecule has 0 aliphatic carbocycles. The summed E-state index contributed by atoms with van der Waals surface area (Å²) in [6.45, 7) is 0. The van der Waals surface area contributed by atoms with Crippen molar-refractivity contribution in [3.05, 3.63) is 91.0 Å². The number of rotatable bonds is 4. The van der Waals surface area contributed by atoms with Crippen LogP contribution in [0, 0.1) is 0 Å². The monoisotopic (exact) mass is 415 g/mol. The van der Waals surface area contributed by atoms with Gasteiger partial charge in [-0.05, 0) is 66.2 Å². The van der Waals surface area contributed by atoms with Gasteiger partial charge in [-0.15, -0.1) is 0 Å². The topological polar surface area (TPSA) is 78.6 Å². The molecule has 0 saturated carbocycles. The molecule has 30 heavy (non-hydrogen) atoms. The zero-order valence-corrected chi connectivity index (χ0v) is 16.6. The van der Waals surface area contributed by atoms with Crippen LogP contribution in [0.15, 0.2) is 101 Å². The van der Waals surface area contributed by atoms with E-state index in [4.69, 9.17) is 15.2 Å². The van der Waals surface area contributed by atoms with Gasteiger partial charge in [-0.25, -0.2) is 8.42 Å². The van der Waals surface area contributed by atoms with E-state index < -0.39 is 9.84 Å². The highest BCUT2D eigenvalue weighted by Gasteiger charge is 2.26. The molecular weight excluding hydrogens is 398 g/mol. The van der Waals surface area contributed by atoms with E-state index in [2.05, 4.69) is 0 Å². The summed E-state index contributed by atoms with van der Waals surface area (Å²) in [6, 6.07) is 25.8. The van der Waals surface area contributed by atoms with Crippen molar-refractivity contribution < 1.29 is 17.9 Å². The van der Waals surface area contributed by atoms with Gasteiger partial charge in [0.05, 0.1) is 9.79 Å². The van der Waals surface area contributed by atoms with Crippen LogP contribution in [-0.2, 0) is 9.84 Å². The Morgan fingerprint density at radius 3 is 2.23 bits per heavy atom. The molecule has 0 atom stereocenters. The summed E-state index contributed by atoms with van der Waals surface area (Å²) in [5, 5.41) is 0. The van der Waals surface area contributed by atoms with E-state index in [9.17, 15) is 8.42 Å². The quantitative estimate of drug-likeness (QED) is 0.383. The minimum atomic E-state index is -3.77. The summed E-state index contributed by atoms with van der Waals surface area (Å²) in [6.07, 6.45) is 0. The second-order valence-corrected chi connectivity index (χ2v) is 8.82. The van der Waals surface area contributed by atoms with E-state index in [1.807, 2.05) is 24.3 Å². The Morgan fingerprint density at radius 2 is 1.50 bits per heavy atom. The number of fused-ring (bicyclic) bond motifs is 2. The van der Waals surface area contributed by atoms with Crippen molar-refractivity contribution in [2.24, 2.45) is 0 Å². The minimum absolute atomic E-state index is 0.177. The molecule has 4 aromatic carbocycles. The molecular formula is C24H17NO4S. The number of anilines is 1. The van der Waals surface area contributed by atoms with Crippen LogP contribution in [0.3, 0.4) is 0 Å². The number of sulfone groups is 1. The highest BCUT2D eigenvalue weighted by molar-refractivity contribution is 7.91. The van der Waals surface area contributed by atoms with Gasteiger partial charge in [-0.2, -0.15) is 0 Å². The average Bonchev–Trinajstić information content (AvgIpc) is 3.03. The molecule has 6 rings (SSSR count). The van der Waals surface area contributed by atoms with Gasteiger partial charge in [0.1, 0.15) is 23.0 Å². The lowest BCUT2D eigenvalue weighted by molar-refractivity contribution is 0.482. The van der Waals surface area contributed by atoms with E-state index in [0.717, 1.165) is 5.56 Å². The highest BCUT2D eigenvalue weighted by atomic mass is 32.2. The van der Waals surface area contributed by atoms with Crippen molar-refractivity contribution in [1.29, 1.82) is 0 Å². The molecule has 0 aromatic heterocycles. The first-order chi connectivity index (χ1) is 14.5. The first-order valence-corrected chi connectivity index (χ1v) is 10.8. The number of benzene rings is 4. The van der Waals surface area contributed by atoms with Crippen LogP contribution in [0.2, 0.25) is 0 Å². The van der Waals surface area contributed by atoms with Gasteiger partial charge in [-0.1, -0.05) is 24.3 Å². The van der Waals surface area contributed by atoms with Gasteiger partial charge in [-0.3, -0.25) is 0 Å². The fourth-order valence-corrected chi connectivity index (χ4v) is 4.94. The maximum atomic E-state index is 13.4. The van der Waals surface area contributed by atoms with E-state index in [1.165, 1.54) is 12.1 Å². The fraction of sp³-hybridized carbons (Fsp3) is 0. The number of hydrogen-bond acceptors (Lipinski definition) is 5. The molecule has 0 radical (unpaired) electrons. The van der Waals surface area contributed by atoms with Crippen molar-refractivity contribution in [3.63, 3.8) is 0 Å². The Morgan fingerprint density at radius 1 is 0.767 bits per heavy atom. The van der Waals surface area contributed by atoms with Crippen LogP contribution in [0.5, 0.6) is 23.0 Å². The Balaban J connectivity index is 1.51. The van der Waals surface area contributed by atoms with Crippen LogP contribution in [0.1, 0.15) is 0 Å². The minimum Gasteiger partial charge on any atom is -0.457 e. The average molecular weight is 415 g/mol. The largest absolute Gasteiger partial charge is 0.457 e. The zero-order valence-electron chi connectivity index (χ0n) is 15.8. The normalized spacial score (nSPS) is 12.0. The highest BCUT2D eigenvalue weighted by Crippen LogP contribution is 2.43. The predicted molar refractivity (Wildman–Crippen MR) is 115 cm³/mol. The van der Waals surface area contributed by atoms with Crippen LogP contribution in [-0.4, -0.2) is 8.42 Å². The summed E-state index contributed by atoms with van der Waals surface area (Å²) in [5.41, 5.74) is 7.72. The molecule has 2 aliphatic heterocycles. The van der Waals surface area contributed by atoms with Crippen LogP contribution in [0.4, 0.5) is 5.69 Å². The summed E-state index contributed by atoms with van der Waals surface area (Å²) in [7, 11) is -3.77. The third-order valence-electron chi connectivity index (χ3n) is 4.88. The van der Waals surface area contributed by atoms with Crippen LogP contribution < -0.4 is 15.2 Å². The number of nitrogen functional groups attached to an aromatic ring is 1. The molecule has 0 saturated heterocycles. The molecule has 2 bridgehead atoms. The molecule has 148 valence electrons. The van der Waals surface area contributed by atoms with Crippen LogP contribution >= 0.6 is 0 Å². The van der Waals surface area contributed by atoms with Crippen LogP contribution in [0.25, 0.3) is 11.1 Å². The first kappa shape index (κ1) is 18.3. The lowest BCUT2D eigenvalue weighted by Gasteiger charge is -2.13. The molecule has 6 heteroatoms. The van der Waals surface area contributed by atoms with Crippen molar-refractivity contribution in [2.45, 2.75) is 9.79 Å². The molecule has 0 unspecified atom stereocenters. The number of ether oxygens (including phenoxy) is 2. The van der Waals surface area contributed by atoms with Crippen molar-refractivity contribution in [3.8, 4) is 34.1 Å². The van der Waals surface area contributed by atoms with E-state index in [-0.39, 0.29) is 9.79 Å². The molecule has 2 aliphatic rings. The maximum Gasteiger partial charge on any atom is 0.207 e. The summed E-state index contributed by atoms with van der Waals surface area (Å²) < 4.78 is 38.5. The third-order valence-corrected chi connectivity index (χ3v) is 6.69. The van der Waals surface area contributed by atoms with Crippen molar-refractivity contribution in [2.75, 3.05) is 5.73 Å². The second-order valence-electron chi connectivity index (χ2n) is 6.91. The summed E-state index contributed by atoms with van der Waals surface area (Å²) >= 11 is 0. The maximum absolute atomic E-state index is 13.4. The predicted octanol–water partition coefficient (Wildman–Crippen LogP) is 5.67. The Kier molecular flexibility index (Phi) is 4.22. The molecule has 4 aromatic rings. The first-order valence-electron chi connectivity index (χ1n) is 9.30. The van der Waals surface area contributed by atoms with Gasteiger partial charge in [0.15, 0.2) is 0 Å². The summed E-state index contributed by atoms with van der Waals surface area (Å²) in [5.74, 6) is 2.30. The van der Waals surface area contributed by atoms with Gasteiger partial charge in [0.2, 0.25) is 9.84 Å². The van der Waals surface area contributed by atoms with Gasteiger partial charge >= 0.3 is 0 Å². The number of hydrogen-bond donors (Lipinski definition) is 1. The van der Waals surface area contributed by atoms with E-state index in [0.29, 0.717) is 34.2 Å². The SMILES string of the molecule is Nc1cccc(Oc2ccc(S(=O)(=O)c3cccc4c3-c3ccc(cc3)O4)cc2)c1. The van der Waals surface area contributed by atoms with E-state index >= 15 is 0 Å². The third kappa shape index (κ3) is 3.17. The molecule has 5 nitrogen and oxygen atoms in total. The Labute approximate surface area is 174 Å². The standard InChI is InChI=1S/C24H17NO4S/c25-17-3-1-4-20(15-17)28-18-11-13-21(14-12-18)30(26,27)23-6-2-5-22-24(23)16-7-9-19(29-22)10-8-16/h1-15H,25H2. The fourth-order valence-electron chi connectivity index (χ4n) is 3.45. The Bertz CT molecular complexity index is 1350. The van der Waals surface area contributed by atoms with Gasteiger partial charge in [0, 0.05) is 17.3 Å². The van der Waals surface area contributed by atoms with Gasteiger partial charge in [0.25, 0.3) is 0 Å². The van der Waals surface area contributed by atoms with Crippen molar-refractivity contribution in [1.82, 2.24) is 0 Å². The molecule has 0 spiro atoms. The Hall–Kier alpha value is -3.77. The van der Waals surface area contributed by atoms with Gasteiger partial charge < -0.3 is 15.2 Å². The molecule has 2 N–H and O–H groups in total. The smallest absolute Gasteiger partial charge is 0.207 e. The molecule has 0 amide bonds. The molecule has 0 fully saturated rings. The second kappa shape index (κ2) is 6.93. The van der Waals surface area contributed by atoms with E-state index in [1.54, 1.807) is 54.6 Å².